The molecular formula is C15H12FN3O2. The molecule has 106 valence electrons. The molecule has 0 saturated heterocycles. The van der Waals surface area contributed by atoms with Gasteiger partial charge in [-0.1, -0.05) is 12.1 Å². The number of nitrogens with one attached hydrogen (secondary N) is 1. The Morgan fingerprint density at radius 1 is 1.24 bits per heavy atom. The smallest absolute Gasteiger partial charge is 0.269 e. The molecule has 0 fully saturated rings. The van der Waals surface area contributed by atoms with E-state index >= 15 is 0 Å². The number of rotatable bonds is 5. The normalized spacial score (nSPS) is 10.1. The Morgan fingerprint density at radius 2 is 2.05 bits per heavy atom. The van der Waals surface area contributed by atoms with Gasteiger partial charge in [-0.05, 0) is 23.8 Å². The van der Waals surface area contributed by atoms with Gasteiger partial charge in [0.1, 0.15) is 5.82 Å². The van der Waals surface area contributed by atoms with Gasteiger partial charge in [-0.25, -0.2) is 4.39 Å². The van der Waals surface area contributed by atoms with E-state index in [2.05, 4.69) is 5.32 Å². The summed E-state index contributed by atoms with van der Waals surface area (Å²) in [6.07, 6.45) is 0. The number of nitrogens with zero attached hydrogens (tertiary/aromatic N) is 2. The van der Waals surface area contributed by atoms with Crippen LogP contribution in [0, 0.1) is 27.3 Å². The Balaban J connectivity index is 2.00. The Kier molecular flexibility index (Phi) is 4.59. The average Bonchev–Trinajstić information content (AvgIpc) is 2.49. The minimum absolute atomic E-state index is 0.0203. The molecule has 0 aliphatic rings. The van der Waals surface area contributed by atoms with Gasteiger partial charge in [0, 0.05) is 30.8 Å². The molecule has 0 spiro atoms. The zero-order valence-corrected chi connectivity index (χ0v) is 11.0. The van der Waals surface area contributed by atoms with E-state index in [0.717, 1.165) is 5.56 Å². The number of halogens is 1. The van der Waals surface area contributed by atoms with Gasteiger partial charge in [-0.3, -0.25) is 10.1 Å². The molecule has 0 unspecified atom stereocenters. The molecule has 2 aromatic rings. The predicted molar refractivity (Wildman–Crippen MR) is 74.8 cm³/mol. The number of nitriles is 1. The zero-order chi connectivity index (χ0) is 15.2. The molecule has 0 aliphatic heterocycles. The average molecular weight is 285 g/mol. The third-order valence-electron chi connectivity index (χ3n) is 2.94. The van der Waals surface area contributed by atoms with Crippen LogP contribution >= 0.6 is 0 Å². The Hall–Kier alpha value is -2.78. The van der Waals surface area contributed by atoms with Crippen molar-refractivity contribution in [3.8, 4) is 6.07 Å². The maximum atomic E-state index is 13.6. The topological polar surface area (TPSA) is 79.0 Å². The van der Waals surface area contributed by atoms with Crippen molar-refractivity contribution in [2.24, 2.45) is 0 Å². The molecule has 0 aliphatic carbocycles. The van der Waals surface area contributed by atoms with E-state index in [4.69, 9.17) is 5.26 Å². The molecule has 6 heteroatoms. The molecule has 0 bridgehead atoms. The molecule has 0 saturated carbocycles. The lowest BCUT2D eigenvalue weighted by molar-refractivity contribution is -0.384. The summed E-state index contributed by atoms with van der Waals surface area (Å²) in [4.78, 5) is 10.2. The fraction of sp³-hybridized carbons (Fsp3) is 0.133. The second-order valence-electron chi connectivity index (χ2n) is 4.45. The van der Waals surface area contributed by atoms with Crippen LogP contribution in [0.2, 0.25) is 0 Å². The third kappa shape index (κ3) is 3.84. The minimum Gasteiger partial charge on any atom is -0.309 e. The van der Waals surface area contributed by atoms with Crippen molar-refractivity contribution in [3.05, 3.63) is 75.1 Å². The van der Waals surface area contributed by atoms with Crippen LogP contribution in [-0.4, -0.2) is 4.92 Å². The zero-order valence-electron chi connectivity index (χ0n) is 11.0. The molecule has 2 aromatic carbocycles. The van der Waals surface area contributed by atoms with Crippen LogP contribution in [0.1, 0.15) is 16.7 Å². The molecule has 0 radical (unpaired) electrons. The van der Waals surface area contributed by atoms with Gasteiger partial charge in [0.15, 0.2) is 0 Å². The van der Waals surface area contributed by atoms with Crippen molar-refractivity contribution in [3.63, 3.8) is 0 Å². The monoisotopic (exact) mass is 285 g/mol. The SMILES string of the molecule is N#Cc1ccc(F)c(CNCc2cccc([N+](=O)[O-])c2)c1. The van der Waals surface area contributed by atoms with Crippen molar-refractivity contribution in [2.75, 3.05) is 0 Å². The quantitative estimate of drug-likeness (QED) is 0.676. The summed E-state index contributed by atoms with van der Waals surface area (Å²) in [6, 6.07) is 12.3. The number of benzene rings is 2. The summed E-state index contributed by atoms with van der Waals surface area (Å²) >= 11 is 0. The molecule has 0 aromatic heterocycles. The minimum atomic E-state index is -0.459. The fourth-order valence-electron chi connectivity index (χ4n) is 1.90. The van der Waals surface area contributed by atoms with Crippen LogP contribution in [0.25, 0.3) is 0 Å². The first-order valence-electron chi connectivity index (χ1n) is 6.22. The van der Waals surface area contributed by atoms with Crippen molar-refractivity contribution < 1.29 is 9.31 Å². The molecule has 1 N–H and O–H groups in total. The maximum absolute atomic E-state index is 13.6. The van der Waals surface area contributed by atoms with Gasteiger partial charge in [-0.2, -0.15) is 5.26 Å². The molecule has 5 nitrogen and oxygen atoms in total. The van der Waals surface area contributed by atoms with E-state index in [-0.39, 0.29) is 18.0 Å². The van der Waals surface area contributed by atoms with Crippen LogP contribution in [0.4, 0.5) is 10.1 Å². The van der Waals surface area contributed by atoms with Gasteiger partial charge < -0.3 is 5.32 Å². The van der Waals surface area contributed by atoms with Crippen LogP contribution < -0.4 is 5.32 Å². The van der Waals surface area contributed by atoms with Crippen LogP contribution in [0.5, 0.6) is 0 Å². The van der Waals surface area contributed by atoms with Crippen LogP contribution in [0.3, 0.4) is 0 Å². The highest BCUT2D eigenvalue weighted by atomic mass is 19.1. The summed E-state index contributed by atoms with van der Waals surface area (Å²) in [7, 11) is 0. The first-order chi connectivity index (χ1) is 10.1. The Morgan fingerprint density at radius 3 is 2.76 bits per heavy atom. The molecule has 2 rings (SSSR count). The highest BCUT2D eigenvalue weighted by Crippen LogP contribution is 2.14. The van der Waals surface area contributed by atoms with Crippen LogP contribution in [-0.2, 0) is 13.1 Å². The number of nitro groups is 1. The van der Waals surface area contributed by atoms with Gasteiger partial charge in [0.05, 0.1) is 16.6 Å². The van der Waals surface area contributed by atoms with Crippen molar-refractivity contribution in [1.82, 2.24) is 5.32 Å². The van der Waals surface area contributed by atoms with Crippen LogP contribution in [0.15, 0.2) is 42.5 Å². The summed E-state index contributed by atoms with van der Waals surface area (Å²) in [5.74, 6) is -0.388. The second-order valence-corrected chi connectivity index (χ2v) is 4.45. The fourth-order valence-corrected chi connectivity index (χ4v) is 1.90. The first-order valence-corrected chi connectivity index (χ1v) is 6.22. The molecule has 0 atom stereocenters. The highest BCUT2D eigenvalue weighted by Gasteiger charge is 2.06. The standard InChI is InChI=1S/C15H12FN3O2/c16-15-5-4-11(8-17)6-13(15)10-18-9-12-2-1-3-14(7-12)19(20)21/h1-7,18H,9-10H2. The van der Waals surface area contributed by atoms with Gasteiger partial charge in [0.2, 0.25) is 0 Å². The largest absolute Gasteiger partial charge is 0.309 e. The van der Waals surface area contributed by atoms with Crippen molar-refractivity contribution in [1.29, 1.82) is 5.26 Å². The highest BCUT2D eigenvalue weighted by molar-refractivity contribution is 5.35. The number of non-ortho nitro benzene ring substituents is 1. The lowest BCUT2D eigenvalue weighted by Gasteiger charge is -2.06. The summed E-state index contributed by atoms with van der Waals surface area (Å²) in [5, 5.41) is 22.5. The van der Waals surface area contributed by atoms with E-state index in [9.17, 15) is 14.5 Å². The lowest BCUT2D eigenvalue weighted by atomic mass is 10.1. The predicted octanol–water partition coefficient (Wildman–Crippen LogP) is 2.90. The third-order valence-corrected chi connectivity index (χ3v) is 2.94. The summed E-state index contributed by atoms with van der Waals surface area (Å²) in [6.45, 7) is 0.613. The second kappa shape index (κ2) is 6.59. The number of nitro benzene ring substituents is 1. The van der Waals surface area contributed by atoms with Crippen molar-refractivity contribution in [2.45, 2.75) is 13.1 Å². The van der Waals surface area contributed by atoms with Gasteiger partial charge in [0.25, 0.3) is 5.69 Å². The molecule has 21 heavy (non-hydrogen) atoms. The number of hydrogen-bond donors (Lipinski definition) is 1. The molecule has 0 heterocycles. The summed E-state index contributed by atoms with van der Waals surface area (Å²) < 4.78 is 13.6. The first kappa shape index (κ1) is 14.6. The Labute approximate surface area is 120 Å². The number of hydrogen-bond acceptors (Lipinski definition) is 4. The van der Waals surface area contributed by atoms with E-state index in [1.54, 1.807) is 12.1 Å². The van der Waals surface area contributed by atoms with E-state index in [1.165, 1.54) is 30.3 Å². The van der Waals surface area contributed by atoms with E-state index < -0.39 is 4.92 Å². The van der Waals surface area contributed by atoms with E-state index in [1.807, 2.05) is 6.07 Å². The van der Waals surface area contributed by atoms with Gasteiger partial charge in [-0.15, -0.1) is 0 Å². The molecular weight excluding hydrogens is 273 g/mol. The lowest BCUT2D eigenvalue weighted by Crippen LogP contribution is -2.14. The van der Waals surface area contributed by atoms with Gasteiger partial charge >= 0.3 is 0 Å². The Bertz CT molecular complexity index is 710. The van der Waals surface area contributed by atoms with E-state index in [0.29, 0.717) is 17.7 Å². The molecule has 0 amide bonds. The summed E-state index contributed by atoms with van der Waals surface area (Å²) in [5.41, 5.74) is 1.54. The van der Waals surface area contributed by atoms with Crippen molar-refractivity contribution >= 4 is 5.69 Å². The maximum Gasteiger partial charge on any atom is 0.269 e.